The van der Waals surface area contributed by atoms with E-state index in [4.69, 9.17) is 19.2 Å². The molecule has 0 radical (unpaired) electrons. The summed E-state index contributed by atoms with van der Waals surface area (Å²) in [7, 11) is -5.39. The smallest absolute Gasteiger partial charge is 0.822 e. The fourth-order valence-corrected chi connectivity index (χ4v) is 0. The van der Waals surface area contributed by atoms with Crippen LogP contribution in [0.15, 0.2) is 0 Å². The molecule has 0 saturated heterocycles. The van der Waals surface area contributed by atoms with Gasteiger partial charge in [0.25, 0.3) is 0 Å². The van der Waals surface area contributed by atoms with E-state index in [1.807, 2.05) is 0 Å². The molecule has 42 valence electrons. The third-order valence-corrected chi connectivity index (χ3v) is 0. The molecule has 0 aromatic rings. The first kappa shape index (κ1) is 15.7. The van der Waals surface area contributed by atoms with Crippen LogP contribution in [-0.2, 0) is 30.8 Å². The zero-order chi connectivity index (χ0) is 4.50. The van der Waals surface area contributed by atoms with Gasteiger partial charge in [0, 0.05) is 0 Å². The van der Waals surface area contributed by atoms with E-state index in [0.717, 1.165) is 0 Å². The fraction of sp³-hybridized carbons (Fsp3) is 0. The normalized spacial score (nSPS) is 8.43. The van der Waals surface area contributed by atoms with Gasteiger partial charge in [-0.05, 0) is 0 Å². The molecule has 0 unspecified atom stereocenters. The molecule has 0 aliphatic heterocycles. The second-order valence-electron chi connectivity index (χ2n) is 0.447. The summed E-state index contributed by atoms with van der Waals surface area (Å²) in [6.45, 7) is 0. The molecule has 2 N–H and O–H groups in total. The molecule has 0 heterocycles. The summed E-state index contributed by atoms with van der Waals surface area (Å²) in [5.41, 5.74) is 0. The third-order valence-electron chi connectivity index (χ3n) is 0. The van der Waals surface area contributed by atoms with Crippen LogP contribution < -0.4 is 14.7 Å². The quantitative estimate of drug-likeness (QED) is 0.378. The maximum atomic E-state index is 8.55. The van der Waals surface area contributed by atoms with Gasteiger partial charge in [-0.3, -0.25) is 0 Å². The third kappa shape index (κ3) is 188. The summed E-state index contributed by atoms with van der Waals surface area (Å²) >= 11 is 0. The zero-order valence-corrected chi connectivity index (χ0v) is 6.43. The van der Waals surface area contributed by atoms with Crippen molar-refractivity contribution in [3.05, 3.63) is 0 Å². The van der Waals surface area contributed by atoms with Gasteiger partial charge in [-0.25, -0.2) is 0 Å². The predicted molar refractivity (Wildman–Crippen MR) is 11.2 cm³/mol. The van der Waals surface area contributed by atoms with Gasteiger partial charge >= 0.3 is 26.2 Å². The van der Waals surface area contributed by atoms with Crippen LogP contribution in [0, 0.1) is 0 Å². The molecular formula is H2O5PZr-. The molecule has 5 nitrogen and oxygen atoms in total. The van der Waals surface area contributed by atoms with Gasteiger partial charge in [0.15, 0.2) is 0 Å². The molecule has 0 aromatic carbocycles. The Balaban J connectivity index is -0.0000000800. The van der Waals surface area contributed by atoms with Gasteiger partial charge < -0.3 is 24.7 Å². The number of hydrogen-bond acceptors (Lipinski definition) is 4. The summed E-state index contributed by atoms with van der Waals surface area (Å²) in [6.07, 6.45) is 0. The van der Waals surface area contributed by atoms with E-state index in [1.54, 1.807) is 0 Å². The Bertz CT molecular complexity index is 54.2. The maximum Gasteiger partial charge on any atom is 2.00 e. The molecular weight excluding hydrogens is 202 g/mol. The number of phosphoric acid groups is 1. The summed E-state index contributed by atoms with van der Waals surface area (Å²) in [5.74, 6) is 0. The fourth-order valence-electron chi connectivity index (χ4n) is 0. The van der Waals surface area contributed by atoms with Crippen LogP contribution in [-0.4, -0.2) is 5.48 Å². The minimum atomic E-state index is -5.39. The van der Waals surface area contributed by atoms with Crippen molar-refractivity contribution in [2.24, 2.45) is 0 Å². The minimum absolute atomic E-state index is 0. The van der Waals surface area contributed by atoms with Crippen molar-refractivity contribution in [3.8, 4) is 0 Å². The Hall–Kier alpha value is 0.953. The topological polar surface area (TPSA) is 118 Å². The van der Waals surface area contributed by atoms with Gasteiger partial charge in [0.1, 0.15) is 0 Å². The van der Waals surface area contributed by atoms with Crippen molar-refractivity contribution in [3.63, 3.8) is 0 Å². The Morgan fingerprint density at radius 3 is 1.14 bits per heavy atom. The van der Waals surface area contributed by atoms with E-state index in [-0.39, 0.29) is 31.7 Å². The van der Waals surface area contributed by atoms with E-state index >= 15 is 0 Å². The summed E-state index contributed by atoms with van der Waals surface area (Å²) in [4.78, 5) is 25.6. The number of rotatable bonds is 0. The van der Waals surface area contributed by atoms with Gasteiger partial charge in [0.05, 0.1) is 0 Å². The molecule has 0 saturated carbocycles. The van der Waals surface area contributed by atoms with Crippen LogP contribution in [0.4, 0.5) is 0 Å². The molecule has 0 amide bonds. The maximum absolute atomic E-state index is 8.55. The molecule has 0 aliphatic carbocycles. The molecule has 0 spiro atoms. The van der Waals surface area contributed by atoms with Crippen LogP contribution in [0.25, 0.3) is 0 Å². The zero-order valence-electron chi connectivity index (χ0n) is 3.08. The van der Waals surface area contributed by atoms with Crippen LogP contribution in [0.1, 0.15) is 0 Å². The van der Waals surface area contributed by atoms with Crippen molar-refractivity contribution in [2.75, 3.05) is 0 Å². The van der Waals surface area contributed by atoms with Crippen LogP contribution in [0.2, 0.25) is 0 Å². The first-order chi connectivity index (χ1) is 2.00. The van der Waals surface area contributed by atoms with Crippen molar-refractivity contribution in [1.29, 1.82) is 0 Å². The average Bonchev–Trinajstić information content (AvgIpc) is 0.722. The van der Waals surface area contributed by atoms with E-state index < -0.39 is 7.82 Å². The molecule has 0 aliphatic rings. The van der Waals surface area contributed by atoms with Crippen molar-refractivity contribution in [1.82, 2.24) is 0 Å². The minimum Gasteiger partial charge on any atom is -0.822 e. The first-order valence-electron chi connectivity index (χ1n) is 0.730. The summed E-state index contributed by atoms with van der Waals surface area (Å²) in [6, 6.07) is 0. The largest absolute Gasteiger partial charge is 2.00 e. The van der Waals surface area contributed by atoms with Gasteiger partial charge in [0.2, 0.25) is 0 Å². The monoisotopic (exact) mass is 203 g/mol. The van der Waals surface area contributed by atoms with Crippen LogP contribution >= 0.6 is 7.82 Å². The van der Waals surface area contributed by atoms with Crippen molar-refractivity contribution >= 4 is 7.82 Å². The summed E-state index contributed by atoms with van der Waals surface area (Å²) in [5, 5.41) is 0. The second kappa shape index (κ2) is 5.10. The predicted octanol–water partition coefficient (Wildman–Crippen LogP) is -3.65. The van der Waals surface area contributed by atoms with Gasteiger partial charge in [-0.15, -0.1) is 0 Å². The Morgan fingerprint density at radius 1 is 1.14 bits per heavy atom. The standard InChI is InChI=1S/H3O4P.H2O.Zr/c1-5(2,3)4;;/h(H3,1,2,3,4);1H2;/q;;+2/p-3. The van der Waals surface area contributed by atoms with Crippen molar-refractivity contribution in [2.45, 2.75) is 0 Å². The van der Waals surface area contributed by atoms with Gasteiger partial charge in [-0.2, -0.15) is 7.82 Å². The molecule has 0 bridgehead atoms. The molecule has 0 fully saturated rings. The molecule has 7 heteroatoms. The van der Waals surface area contributed by atoms with Crippen LogP contribution in [0.5, 0.6) is 0 Å². The van der Waals surface area contributed by atoms with E-state index in [9.17, 15) is 0 Å². The van der Waals surface area contributed by atoms with Crippen molar-refractivity contribution < 1.29 is 50.9 Å². The SMILES string of the molecule is O.O=P([O-])([O-])[O-].[Zr+2]. The second-order valence-corrected chi connectivity index (χ2v) is 1.34. The number of hydrogen-bond donors (Lipinski definition) is 0. The first-order valence-corrected chi connectivity index (χ1v) is 2.19. The Morgan fingerprint density at radius 2 is 1.14 bits per heavy atom. The van der Waals surface area contributed by atoms with Gasteiger partial charge in [-0.1, -0.05) is 0 Å². The molecule has 0 atom stereocenters. The Kier molecular flexibility index (Phi) is 11.4. The average molecular weight is 204 g/mol. The van der Waals surface area contributed by atoms with E-state index in [2.05, 4.69) is 0 Å². The van der Waals surface area contributed by atoms with E-state index in [0.29, 0.717) is 0 Å². The molecule has 7 heavy (non-hydrogen) atoms. The summed E-state index contributed by atoms with van der Waals surface area (Å²) < 4.78 is 8.55. The molecule has 0 rings (SSSR count). The Labute approximate surface area is 59.0 Å². The molecule has 0 aromatic heterocycles. The van der Waals surface area contributed by atoms with Crippen LogP contribution in [0.3, 0.4) is 0 Å². The van der Waals surface area contributed by atoms with E-state index in [1.165, 1.54) is 0 Å².